The molecule has 2 rings (SSSR count). The van der Waals surface area contributed by atoms with Gasteiger partial charge in [0, 0.05) is 25.1 Å². The predicted octanol–water partition coefficient (Wildman–Crippen LogP) is 3.44. The highest BCUT2D eigenvalue weighted by atomic mass is 31.0. The molecule has 3 N–H and O–H groups in total. The van der Waals surface area contributed by atoms with Gasteiger partial charge in [0.2, 0.25) is 0 Å². The molecule has 23 heavy (non-hydrogen) atoms. The predicted molar refractivity (Wildman–Crippen MR) is 98.8 cm³/mol. The summed E-state index contributed by atoms with van der Waals surface area (Å²) in [4.78, 5) is 0. The summed E-state index contributed by atoms with van der Waals surface area (Å²) in [6.45, 7) is 2.09. The van der Waals surface area contributed by atoms with E-state index < -0.39 is 0 Å². The van der Waals surface area contributed by atoms with E-state index in [2.05, 4.69) is 56.3 Å². The van der Waals surface area contributed by atoms with Gasteiger partial charge in [-0.1, -0.05) is 24.3 Å². The highest BCUT2D eigenvalue weighted by molar-refractivity contribution is 7.13. The van der Waals surface area contributed by atoms with E-state index in [1.807, 2.05) is 43.7 Å². The molecule has 5 heteroatoms. The lowest BCUT2D eigenvalue weighted by molar-refractivity contribution is 0.726. The summed E-state index contributed by atoms with van der Waals surface area (Å²) in [5.41, 5.74) is 5.25. The number of hydrogen-bond acceptors (Lipinski definition) is 4. The van der Waals surface area contributed by atoms with Crippen molar-refractivity contribution in [3.8, 4) is 6.07 Å². The average molecular weight is 324 g/mol. The first-order valence-electron chi connectivity index (χ1n) is 7.35. The Morgan fingerprint density at radius 1 is 1.09 bits per heavy atom. The maximum absolute atomic E-state index is 8.96. The molecule has 0 radical (unpaired) electrons. The number of aryl methyl sites for hydroxylation is 1. The molecule has 118 valence electrons. The third-order valence-electron chi connectivity index (χ3n) is 3.67. The Bertz CT molecular complexity index is 717. The van der Waals surface area contributed by atoms with Gasteiger partial charge in [-0.25, -0.2) is 0 Å². The topological polar surface area (TPSA) is 59.9 Å². The van der Waals surface area contributed by atoms with Gasteiger partial charge in [-0.2, -0.15) is 5.26 Å². The summed E-state index contributed by atoms with van der Waals surface area (Å²) >= 11 is 0. The third kappa shape index (κ3) is 4.25. The van der Waals surface area contributed by atoms with Gasteiger partial charge in [0.15, 0.2) is 0 Å². The molecule has 0 saturated heterocycles. The molecule has 0 spiro atoms. The maximum atomic E-state index is 8.96. The normalized spacial score (nSPS) is 11.7. The van der Waals surface area contributed by atoms with Crippen molar-refractivity contribution in [1.82, 2.24) is 10.4 Å². The fourth-order valence-electron chi connectivity index (χ4n) is 2.47. The number of anilines is 1. The van der Waals surface area contributed by atoms with Crippen molar-refractivity contribution in [1.29, 1.82) is 5.26 Å². The van der Waals surface area contributed by atoms with Gasteiger partial charge in [0.05, 0.1) is 17.7 Å². The van der Waals surface area contributed by atoms with Crippen molar-refractivity contribution in [2.24, 2.45) is 0 Å². The lowest BCUT2D eigenvalue weighted by Gasteiger charge is -2.20. The zero-order valence-corrected chi connectivity index (χ0v) is 14.5. The molecule has 0 amide bonds. The average Bonchev–Trinajstić information content (AvgIpc) is 2.59. The van der Waals surface area contributed by atoms with Crippen LogP contribution in [0.4, 0.5) is 5.69 Å². The second-order valence-electron chi connectivity index (χ2n) is 5.16. The van der Waals surface area contributed by atoms with Crippen LogP contribution >= 0.6 is 9.39 Å². The minimum atomic E-state index is 0.0157. The van der Waals surface area contributed by atoms with Gasteiger partial charge in [-0.3, -0.25) is 0 Å². The van der Waals surface area contributed by atoms with Crippen LogP contribution in [0.2, 0.25) is 0 Å². The molecule has 2 aromatic rings. The molecule has 0 fully saturated rings. The van der Waals surface area contributed by atoms with Crippen molar-refractivity contribution < 1.29 is 0 Å². The smallest absolute Gasteiger partial charge is 0.0991 e. The van der Waals surface area contributed by atoms with Gasteiger partial charge in [0.25, 0.3) is 0 Å². The molecule has 0 aliphatic heterocycles. The Morgan fingerprint density at radius 3 is 2.35 bits per heavy atom. The van der Waals surface area contributed by atoms with E-state index in [1.54, 1.807) is 0 Å². The molecule has 0 aromatic heterocycles. The lowest BCUT2D eigenvalue weighted by Crippen LogP contribution is -2.17. The van der Waals surface area contributed by atoms with Gasteiger partial charge in [0.1, 0.15) is 0 Å². The van der Waals surface area contributed by atoms with Gasteiger partial charge in [-0.05, 0) is 51.2 Å². The highest BCUT2D eigenvalue weighted by Gasteiger charge is 2.13. The van der Waals surface area contributed by atoms with Crippen molar-refractivity contribution in [2.75, 3.05) is 12.4 Å². The van der Waals surface area contributed by atoms with E-state index >= 15 is 0 Å². The fourth-order valence-corrected chi connectivity index (χ4v) is 2.57. The zero-order chi connectivity index (χ0) is 16.7. The number of hydrogen-bond donors (Lipinski definition) is 3. The summed E-state index contributed by atoms with van der Waals surface area (Å²) in [7, 11) is 4.35. The Labute approximate surface area is 139 Å². The molecule has 0 bridgehead atoms. The summed E-state index contributed by atoms with van der Waals surface area (Å²) in [5, 5.41) is 18.4. The minimum absolute atomic E-state index is 0.0157. The second kappa shape index (κ2) is 8.22. The first-order valence-corrected chi connectivity index (χ1v) is 7.93. The SMILES string of the molecule is CNc1ccc(C(N/C=C\NP)c2ccc(C#N)cc2)cc1C. The monoisotopic (exact) mass is 324 g/mol. The van der Waals surface area contributed by atoms with Crippen molar-refractivity contribution >= 4 is 15.1 Å². The minimum Gasteiger partial charge on any atom is -0.388 e. The quantitative estimate of drug-likeness (QED) is 0.713. The van der Waals surface area contributed by atoms with Crippen LogP contribution in [0.15, 0.2) is 54.9 Å². The van der Waals surface area contributed by atoms with Crippen LogP contribution in [-0.4, -0.2) is 7.05 Å². The van der Waals surface area contributed by atoms with Crippen molar-refractivity contribution in [3.63, 3.8) is 0 Å². The Morgan fingerprint density at radius 2 is 1.78 bits per heavy atom. The summed E-state index contributed by atoms with van der Waals surface area (Å²) in [6.07, 6.45) is 3.69. The number of nitrogens with one attached hydrogen (secondary N) is 3. The van der Waals surface area contributed by atoms with Crippen LogP contribution in [0.3, 0.4) is 0 Å². The Hall–Kier alpha value is -2.50. The first kappa shape index (κ1) is 16.9. The van der Waals surface area contributed by atoms with Gasteiger partial charge >= 0.3 is 0 Å². The lowest BCUT2D eigenvalue weighted by atomic mass is 9.96. The van der Waals surface area contributed by atoms with Crippen LogP contribution < -0.4 is 15.7 Å². The van der Waals surface area contributed by atoms with Crippen LogP contribution in [-0.2, 0) is 0 Å². The largest absolute Gasteiger partial charge is 0.388 e. The third-order valence-corrected chi connectivity index (χ3v) is 3.86. The Balaban J connectivity index is 2.38. The molecule has 0 heterocycles. The molecule has 2 unspecified atom stereocenters. The van der Waals surface area contributed by atoms with Crippen molar-refractivity contribution in [3.05, 3.63) is 77.1 Å². The Kier molecular flexibility index (Phi) is 6.02. The number of rotatable bonds is 6. The van der Waals surface area contributed by atoms with Crippen LogP contribution in [0.5, 0.6) is 0 Å². The highest BCUT2D eigenvalue weighted by Crippen LogP contribution is 2.26. The number of nitrogens with zero attached hydrogens (tertiary/aromatic N) is 1. The van der Waals surface area contributed by atoms with Crippen LogP contribution in [0.1, 0.15) is 28.3 Å². The molecule has 2 aromatic carbocycles. The molecule has 0 aliphatic carbocycles. The summed E-state index contributed by atoms with van der Waals surface area (Å²) in [6, 6.07) is 16.2. The van der Waals surface area contributed by atoms with E-state index in [4.69, 9.17) is 5.26 Å². The van der Waals surface area contributed by atoms with E-state index in [9.17, 15) is 0 Å². The van der Waals surface area contributed by atoms with Crippen LogP contribution in [0.25, 0.3) is 0 Å². The van der Waals surface area contributed by atoms with Crippen molar-refractivity contribution in [2.45, 2.75) is 13.0 Å². The number of nitriles is 1. The van der Waals surface area contributed by atoms with Crippen LogP contribution in [0, 0.1) is 18.3 Å². The first-order chi connectivity index (χ1) is 11.2. The standard InChI is InChI=1S/C18H21N4P/c1-13-11-16(7-8-17(13)20-2)18(21-9-10-22-23)15-5-3-14(12-19)4-6-15/h3-11,18,20-22H,23H2,1-2H3/b10-9-. The van der Waals surface area contributed by atoms with E-state index in [0.717, 1.165) is 11.3 Å². The maximum Gasteiger partial charge on any atom is 0.0991 e. The second-order valence-corrected chi connectivity index (χ2v) is 5.49. The summed E-state index contributed by atoms with van der Waals surface area (Å²) in [5.74, 6) is 0. The van der Waals surface area contributed by atoms with Gasteiger partial charge < -0.3 is 15.7 Å². The van der Waals surface area contributed by atoms with E-state index in [1.165, 1.54) is 11.1 Å². The summed E-state index contributed by atoms with van der Waals surface area (Å²) < 4.78 is 0. The zero-order valence-electron chi connectivity index (χ0n) is 13.3. The molecule has 4 nitrogen and oxygen atoms in total. The van der Waals surface area contributed by atoms with Gasteiger partial charge in [-0.15, -0.1) is 0 Å². The molecule has 2 atom stereocenters. The molecule has 0 saturated carbocycles. The number of benzene rings is 2. The van der Waals surface area contributed by atoms with E-state index in [-0.39, 0.29) is 6.04 Å². The molecular weight excluding hydrogens is 303 g/mol. The molecule has 0 aliphatic rings. The fraction of sp³-hybridized carbons (Fsp3) is 0.167. The van der Waals surface area contributed by atoms with E-state index in [0.29, 0.717) is 5.56 Å². The molecular formula is C18H21N4P.